The Morgan fingerprint density at radius 2 is 1.97 bits per heavy atom. The van der Waals surface area contributed by atoms with Gasteiger partial charge in [0.05, 0.1) is 23.4 Å². The highest BCUT2D eigenvalue weighted by molar-refractivity contribution is 7.17. The summed E-state index contributed by atoms with van der Waals surface area (Å²) in [5.74, 6) is 0.164. The number of Topliss-reactive ketones (excluding diaryl/α,β-unsaturated/α-hetero) is 1. The number of anilines is 1. The van der Waals surface area contributed by atoms with Gasteiger partial charge in [0.1, 0.15) is 10.6 Å². The predicted octanol–water partition coefficient (Wildman–Crippen LogP) is 5.36. The van der Waals surface area contributed by atoms with Crippen LogP contribution in [0.25, 0.3) is 21.3 Å². The van der Waals surface area contributed by atoms with Gasteiger partial charge >= 0.3 is 0 Å². The molecule has 1 unspecified atom stereocenters. The first-order valence-corrected chi connectivity index (χ1v) is 12.5. The van der Waals surface area contributed by atoms with Crippen LogP contribution in [0.4, 0.5) is 5.69 Å². The zero-order valence-electron chi connectivity index (χ0n) is 19.2. The van der Waals surface area contributed by atoms with E-state index in [1.807, 2.05) is 24.4 Å². The molecule has 1 amide bonds. The van der Waals surface area contributed by atoms with Gasteiger partial charge in [-0.25, -0.2) is 4.98 Å². The number of nitrogens with zero attached hydrogens (tertiary/aromatic N) is 3. The molecule has 0 saturated heterocycles. The lowest BCUT2D eigenvalue weighted by Gasteiger charge is -2.29. The second-order valence-electron chi connectivity index (χ2n) is 8.35. The van der Waals surface area contributed by atoms with Gasteiger partial charge in [-0.3, -0.25) is 19.0 Å². The lowest BCUT2D eigenvalue weighted by Crippen LogP contribution is -2.39. The molecular weight excluding hydrogens is 486 g/mol. The van der Waals surface area contributed by atoms with E-state index < -0.39 is 6.04 Å². The number of aromatic nitrogens is 2. The first kappa shape index (κ1) is 23.3. The van der Waals surface area contributed by atoms with E-state index in [9.17, 15) is 14.4 Å². The predicted molar refractivity (Wildman–Crippen MR) is 138 cm³/mol. The van der Waals surface area contributed by atoms with Gasteiger partial charge in [0.2, 0.25) is 0 Å². The third-order valence-electron chi connectivity index (χ3n) is 6.10. The summed E-state index contributed by atoms with van der Waals surface area (Å²) in [5, 5.41) is 2.97. The first-order valence-electron chi connectivity index (χ1n) is 11.2. The largest absolute Gasteiger partial charge is 0.482 e. The summed E-state index contributed by atoms with van der Waals surface area (Å²) >= 11 is 7.40. The second kappa shape index (κ2) is 9.28. The Hall–Kier alpha value is -3.49. The topological polar surface area (TPSA) is 81.5 Å². The minimum atomic E-state index is -0.796. The van der Waals surface area contributed by atoms with Gasteiger partial charge in [0.15, 0.2) is 12.4 Å². The summed E-state index contributed by atoms with van der Waals surface area (Å²) in [4.78, 5) is 46.0. The van der Waals surface area contributed by atoms with Crippen LogP contribution in [0.15, 0.2) is 59.0 Å². The quantitative estimate of drug-likeness (QED) is 0.328. The van der Waals surface area contributed by atoms with E-state index in [2.05, 4.69) is 4.98 Å². The lowest BCUT2D eigenvalue weighted by atomic mass is 10.0. The maximum atomic E-state index is 13.5. The molecule has 178 valence electrons. The van der Waals surface area contributed by atoms with E-state index in [0.29, 0.717) is 38.8 Å². The van der Waals surface area contributed by atoms with E-state index >= 15 is 0 Å². The van der Waals surface area contributed by atoms with Crippen LogP contribution in [0.1, 0.15) is 36.7 Å². The Morgan fingerprint density at radius 1 is 1.20 bits per heavy atom. The molecule has 9 heteroatoms. The molecule has 0 bridgehead atoms. The van der Waals surface area contributed by atoms with Crippen LogP contribution in [0.5, 0.6) is 5.75 Å². The highest BCUT2D eigenvalue weighted by atomic mass is 35.5. The summed E-state index contributed by atoms with van der Waals surface area (Å²) in [7, 11) is 0. The van der Waals surface area contributed by atoms with Crippen molar-refractivity contribution in [2.24, 2.45) is 0 Å². The number of halogens is 1. The van der Waals surface area contributed by atoms with Crippen LogP contribution < -0.4 is 15.2 Å². The van der Waals surface area contributed by atoms with Crippen LogP contribution in [-0.4, -0.2) is 34.4 Å². The van der Waals surface area contributed by atoms with Crippen LogP contribution in [0.3, 0.4) is 0 Å². The summed E-state index contributed by atoms with van der Waals surface area (Å²) in [6.45, 7) is 4.18. The molecule has 5 rings (SSSR count). The molecule has 1 aliphatic heterocycles. The van der Waals surface area contributed by atoms with Crippen molar-refractivity contribution in [3.8, 4) is 16.9 Å². The van der Waals surface area contributed by atoms with Crippen LogP contribution in [-0.2, 0) is 4.79 Å². The zero-order chi connectivity index (χ0) is 24.7. The van der Waals surface area contributed by atoms with Gasteiger partial charge in [0.25, 0.3) is 11.5 Å². The molecule has 2 aromatic carbocycles. The van der Waals surface area contributed by atoms with E-state index in [4.69, 9.17) is 16.3 Å². The van der Waals surface area contributed by atoms with Gasteiger partial charge in [-0.15, -0.1) is 11.3 Å². The average molecular weight is 508 g/mol. The van der Waals surface area contributed by atoms with Crippen molar-refractivity contribution >= 4 is 50.5 Å². The fourth-order valence-corrected chi connectivity index (χ4v) is 5.29. The van der Waals surface area contributed by atoms with Gasteiger partial charge in [0, 0.05) is 28.1 Å². The number of carbonyl (C=O) groups excluding carboxylic acids is 2. The third kappa shape index (κ3) is 4.13. The molecule has 2 aromatic heterocycles. The van der Waals surface area contributed by atoms with Gasteiger partial charge in [-0.2, -0.15) is 0 Å². The zero-order valence-corrected chi connectivity index (χ0v) is 20.7. The molecule has 3 heterocycles. The molecule has 0 N–H and O–H groups in total. The van der Waals surface area contributed by atoms with E-state index in [1.165, 1.54) is 22.2 Å². The van der Waals surface area contributed by atoms with Gasteiger partial charge in [-0.1, -0.05) is 30.7 Å². The number of thiophene rings is 1. The standard InChI is InChI=1S/C26H22ClN3O4S/c1-3-10-29-20-11-17(6-9-21(20)34-12-22(29)31)24(32)15(2)30-14-28-25-23(26(30)33)19(13-35-25)16-4-7-18(27)8-5-16/h4-9,11,13-15H,3,10,12H2,1-2H3. The summed E-state index contributed by atoms with van der Waals surface area (Å²) in [6.07, 6.45) is 2.20. The molecule has 35 heavy (non-hydrogen) atoms. The molecule has 4 aromatic rings. The van der Waals surface area contributed by atoms with E-state index in [0.717, 1.165) is 17.5 Å². The number of benzene rings is 2. The lowest BCUT2D eigenvalue weighted by molar-refractivity contribution is -0.121. The van der Waals surface area contributed by atoms with Crippen molar-refractivity contribution in [3.05, 3.63) is 75.1 Å². The van der Waals surface area contributed by atoms with Crippen LogP contribution in [0.2, 0.25) is 5.02 Å². The molecule has 1 aliphatic rings. The van der Waals surface area contributed by atoms with Crippen molar-refractivity contribution in [2.45, 2.75) is 26.3 Å². The molecule has 0 radical (unpaired) electrons. The minimum Gasteiger partial charge on any atom is -0.482 e. The van der Waals surface area contributed by atoms with Gasteiger partial charge < -0.3 is 9.64 Å². The van der Waals surface area contributed by atoms with Crippen molar-refractivity contribution in [2.75, 3.05) is 18.1 Å². The van der Waals surface area contributed by atoms with Crippen molar-refractivity contribution < 1.29 is 14.3 Å². The van der Waals surface area contributed by atoms with Crippen molar-refractivity contribution in [1.29, 1.82) is 0 Å². The number of fused-ring (bicyclic) bond motifs is 2. The number of amides is 1. The van der Waals surface area contributed by atoms with Crippen LogP contribution >= 0.6 is 22.9 Å². The normalized spacial score (nSPS) is 14.0. The molecule has 0 fully saturated rings. The average Bonchev–Trinajstić information content (AvgIpc) is 3.30. The Morgan fingerprint density at radius 3 is 2.71 bits per heavy atom. The number of carbonyl (C=O) groups is 2. The fraction of sp³-hybridized carbons (Fsp3) is 0.231. The Kier molecular flexibility index (Phi) is 6.17. The van der Waals surface area contributed by atoms with Gasteiger partial charge in [-0.05, 0) is 49.2 Å². The first-order chi connectivity index (χ1) is 16.9. The highest BCUT2D eigenvalue weighted by Gasteiger charge is 2.28. The molecular formula is C26H22ClN3O4S. The van der Waals surface area contributed by atoms with Crippen molar-refractivity contribution in [3.63, 3.8) is 0 Å². The molecule has 7 nitrogen and oxygen atoms in total. The number of ether oxygens (including phenoxy) is 1. The maximum absolute atomic E-state index is 13.5. The second-order valence-corrected chi connectivity index (χ2v) is 9.64. The Bertz CT molecular complexity index is 1510. The number of rotatable bonds is 6. The molecule has 1 atom stereocenters. The molecule has 0 aliphatic carbocycles. The summed E-state index contributed by atoms with van der Waals surface area (Å²) in [6, 6.07) is 11.5. The fourth-order valence-electron chi connectivity index (χ4n) is 4.26. The maximum Gasteiger partial charge on any atom is 0.265 e. The van der Waals surface area contributed by atoms with E-state index in [-0.39, 0.29) is 23.9 Å². The smallest absolute Gasteiger partial charge is 0.265 e. The minimum absolute atomic E-state index is 0.0195. The summed E-state index contributed by atoms with van der Waals surface area (Å²) < 4.78 is 6.90. The van der Waals surface area contributed by atoms with Crippen LogP contribution in [0, 0.1) is 0 Å². The Balaban J connectivity index is 1.53. The summed E-state index contributed by atoms with van der Waals surface area (Å²) in [5.41, 5.74) is 2.29. The SMILES string of the molecule is CCCN1C(=O)COc2ccc(C(=O)C(C)n3cnc4scc(-c5ccc(Cl)cc5)c4c3=O)cc21. The Labute approximate surface area is 210 Å². The monoisotopic (exact) mass is 507 g/mol. The van der Waals surface area contributed by atoms with E-state index in [1.54, 1.807) is 42.2 Å². The number of hydrogen-bond donors (Lipinski definition) is 0. The molecule has 0 saturated carbocycles. The third-order valence-corrected chi connectivity index (χ3v) is 7.24. The highest BCUT2D eigenvalue weighted by Crippen LogP contribution is 2.35. The van der Waals surface area contributed by atoms with Crippen molar-refractivity contribution in [1.82, 2.24) is 9.55 Å². The number of hydrogen-bond acceptors (Lipinski definition) is 6. The number of ketones is 1. The molecule has 0 spiro atoms.